The molecule has 0 spiro atoms. The number of hydrogen-bond acceptors (Lipinski definition) is 4. The van der Waals surface area contributed by atoms with Crippen LogP contribution in [-0.4, -0.2) is 43.8 Å². The summed E-state index contributed by atoms with van der Waals surface area (Å²) in [4.78, 5) is 28.3. The summed E-state index contributed by atoms with van der Waals surface area (Å²) in [6.07, 6.45) is 0.705. The summed E-state index contributed by atoms with van der Waals surface area (Å²) in [6, 6.07) is 17.9. The number of nitrogens with one attached hydrogen (secondary N) is 1. The van der Waals surface area contributed by atoms with Crippen molar-refractivity contribution in [2.45, 2.75) is 50.7 Å². The topological polar surface area (TPSA) is 86.8 Å². The number of halogens is 3. The molecule has 11 heteroatoms. The van der Waals surface area contributed by atoms with E-state index >= 15 is 0 Å². The predicted molar refractivity (Wildman–Crippen MR) is 157 cm³/mol. The number of anilines is 1. The smallest absolute Gasteiger partial charge is 0.264 e. The van der Waals surface area contributed by atoms with E-state index in [0.29, 0.717) is 27.1 Å². The van der Waals surface area contributed by atoms with E-state index in [2.05, 4.69) is 5.32 Å². The molecule has 3 aromatic carbocycles. The van der Waals surface area contributed by atoms with Gasteiger partial charge in [-0.25, -0.2) is 8.42 Å². The Balaban J connectivity index is 2.03. The molecule has 0 saturated carbocycles. The first-order valence-electron chi connectivity index (χ1n) is 12.3. The zero-order valence-corrected chi connectivity index (χ0v) is 24.9. The minimum atomic E-state index is -4.17. The molecule has 0 aliphatic rings. The monoisotopic (exact) mass is 609 g/mol. The molecule has 0 bridgehead atoms. The van der Waals surface area contributed by atoms with Crippen molar-refractivity contribution in [2.24, 2.45) is 0 Å². The predicted octanol–water partition coefficient (Wildman–Crippen LogP) is 6.17. The van der Waals surface area contributed by atoms with Crippen LogP contribution >= 0.6 is 34.8 Å². The third-order valence-corrected chi connectivity index (χ3v) is 8.97. The van der Waals surface area contributed by atoms with Crippen molar-refractivity contribution in [1.29, 1.82) is 0 Å². The van der Waals surface area contributed by atoms with Crippen LogP contribution in [0.4, 0.5) is 5.69 Å². The van der Waals surface area contributed by atoms with Gasteiger partial charge < -0.3 is 10.2 Å². The van der Waals surface area contributed by atoms with Gasteiger partial charge in [-0.3, -0.25) is 13.9 Å². The fourth-order valence-corrected chi connectivity index (χ4v) is 5.69. The Morgan fingerprint density at radius 1 is 0.897 bits per heavy atom. The van der Waals surface area contributed by atoms with Crippen LogP contribution in [0.25, 0.3) is 0 Å². The van der Waals surface area contributed by atoms with Crippen molar-refractivity contribution < 1.29 is 18.0 Å². The Morgan fingerprint density at radius 3 is 2.21 bits per heavy atom. The van der Waals surface area contributed by atoms with Gasteiger partial charge >= 0.3 is 0 Å². The third kappa shape index (κ3) is 7.88. The van der Waals surface area contributed by atoms with Crippen LogP contribution in [0.3, 0.4) is 0 Å². The summed E-state index contributed by atoms with van der Waals surface area (Å²) >= 11 is 18.4. The van der Waals surface area contributed by atoms with E-state index in [4.69, 9.17) is 34.8 Å². The van der Waals surface area contributed by atoms with E-state index in [1.54, 1.807) is 61.5 Å². The third-order valence-electron chi connectivity index (χ3n) is 6.21. The van der Waals surface area contributed by atoms with E-state index in [1.807, 2.05) is 13.8 Å². The highest BCUT2D eigenvalue weighted by molar-refractivity contribution is 7.92. The van der Waals surface area contributed by atoms with Crippen molar-refractivity contribution >= 4 is 62.3 Å². The highest BCUT2D eigenvalue weighted by atomic mass is 35.5. The van der Waals surface area contributed by atoms with Gasteiger partial charge in [0.25, 0.3) is 10.0 Å². The Kier molecular flexibility index (Phi) is 10.7. The SMILES string of the molecule is CC[C@H](C)NC(=O)[C@@H](C)N(Cc1ccc(Cl)c(Cl)c1)C(=O)CN(c1cccc(Cl)c1)S(=O)(=O)c1ccccc1. The van der Waals surface area contributed by atoms with Gasteiger partial charge in [0.2, 0.25) is 11.8 Å². The normalized spacial score (nSPS) is 12.9. The highest BCUT2D eigenvalue weighted by Crippen LogP contribution is 2.27. The second-order valence-corrected chi connectivity index (χ2v) is 12.2. The summed E-state index contributed by atoms with van der Waals surface area (Å²) in [5, 5.41) is 3.84. The largest absolute Gasteiger partial charge is 0.352 e. The first-order chi connectivity index (χ1) is 18.4. The number of nitrogens with zero attached hydrogens (tertiary/aromatic N) is 2. The van der Waals surface area contributed by atoms with Crippen molar-refractivity contribution in [3.8, 4) is 0 Å². The van der Waals surface area contributed by atoms with Crippen molar-refractivity contribution in [2.75, 3.05) is 10.8 Å². The summed E-state index contributed by atoms with van der Waals surface area (Å²) < 4.78 is 28.5. The lowest BCUT2D eigenvalue weighted by atomic mass is 10.1. The molecule has 0 radical (unpaired) electrons. The first-order valence-corrected chi connectivity index (χ1v) is 14.9. The van der Waals surface area contributed by atoms with Gasteiger partial charge in [-0.15, -0.1) is 0 Å². The van der Waals surface area contributed by atoms with Gasteiger partial charge in [-0.05, 0) is 68.3 Å². The highest BCUT2D eigenvalue weighted by Gasteiger charge is 2.33. The van der Waals surface area contributed by atoms with Crippen molar-refractivity contribution in [1.82, 2.24) is 10.2 Å². The summed E-state index contributed by atoms with van der Waals surface area (Å²) in [5.41, 5.74) is 0.840. The van der Waals surface area contributed by atoms with E-state index in [1.165, 1.54) is 23.1 Å². The molecule has 0 aliphatic carbocycles. The molecule has 1 N–H and O–H groups in total. The molecule has 0 aromatic heterocycles. The maximum Gasteiger partial charge on any atom is 0.264 e. The van der Waals surface area contributed by atoms with Gasteiger partial charge in [-0.2, -0.15) is 0 Å². The summed E-state index contributed by atoms with van der Waals surface area (Å²) in [6.45, 7) is 4.83. The van der Waals surface area contributed by atoms with Crippen LogP contribution in [-0.2, 0) is 26.2 Å². The molecule has 39 heavy (non-hydrogen) atoms. The van der Waals surface area contributed by atoms with E-state index in [9.17, 15) is 18.0 Å². The zero-order chi connectivity index (χ0) is 28.7. The number of hydrogen-bond donors (Lipinski definition) is 1. The lowest BCUT2D eigenvalue weighted by Crippen LogP contribution is -2.52. The van der Waals surface area contributed by atoms with Crippen LogP contribution in [0.15, 0.2) is 77.7 Å². The van der Waals surface area contributed by atoms with Gasteiger partial charge in [0.15, 0.2) is 0 Å². The Hall–Kier alpha value is -2.78. The molecule has 7 nitrogen and oxygen atoms in total. The summed E-state index contributed by atoms with van der Waals surface area (Å²) in [5.74, 6) is -0.953. The molecule has 0 heterocycles. The molecule has 3 rings (SSSR count). The molecule has 0 aliphatic heterocycles. The minimum Gasteiger partial charge on any atom is -0.352 e. The number of rotatable bonds is 11. The minimum absolute atomic E-state index is 0.000411. The second-order valence-electron chi connectivity index (χ2n) is 9.07. The van der Waals surface area contributed by atoms with Crippen LogP contribution in [0.5, 0.6) is 0 Å². The van der Waals surface area contributed by atoms with Crippen molar-refractivity contribution in [3.05, 3.63) is 93.4 Å². The number of sulfonamides is 1. The van der Waals surface area contributed by atoms with Crippen molar-refractivity contribution in [3.63, 3.8) is 0 Å². The quantitative estimate of drug-likeness (QED) is 0.281. The molecule has 208 valence electrons. The van der Waals surface area contributed by atoms with Crippen LogP contribution in [0.1, 0.15) is 32.8 Å². The zero-order valence-electron chi connectivity index (χ0n) is 21.8. The lowest BCUT2D eigenvalue weighted by molar-refractivity contribution is -0.139. The van der Waals surface area contributed by atoms with Gasteiger partial charge in [0.05, 0.1) is 20.6 Å². The number of carbonyl (C=O) groups is 2. The van der Waals surface area contributed by atoms with Gasteiger partial charge in [0.1, 0.15) is 12.6 Å². The van der Waals surface area contributed by atoms with Crippen LogP contribution in [0, 0.1) is 0 Å². The lowest BCUT2D eigenvalue weighted by Gasteiger charge is -2.32. The van der Waals surface area contributed by atoms with Crippen LogP contribution < -0.4 is 9.62 Å². The summed E-state index contributed by atoms with van der Waals surface area (Å²) in [7, 11) is -4.17. The average molecular weight is 611 g/mol. The van der Waals surface area contributed by atoms with E-state index < -0.39 is 28.5 Å². The molecule has 0 saturated heterocycles. The standard InChI is InChI=1S/C28H30Cl3N3O4S/c1-4-19(2)32-28(36)20(3)33(17-21-13-14-25(30)26(31)15-21)27(35)18-34(23-10-8-9-22(29)16-23)39(37,38)24-11-6-5-7-12-24/h5-16,19-20H,4,17-18H2,1-3H3,(H,32,36)/t19-,20+/m0/s1. The number of carbonyl (C=O) groups excluding carboxylic acids is 2. The molecule has 0 fully saturated rings. The maximum absolute atomic E-state index is 13.9. The Labute approximate surface area is 244 Å². The van der Waals surface area contributed by atoms with Gasteiger partial charge in [0, 0.05) is 17.6 Å². The molecular formula is C28H30Cl3N3O4S. The second kappa shape index (κ2) is 13.5. The average Bonchev–Trinajstić information content (AvgIpc) is 2.92. The Bertz CT molecular complexity index is 1420. The molecule has 2 atom stereocenters. The van der Waals surface area contributed by atoms with Crippen LogP contribution in [0.2, 0.25) is 15.1 Å². The van der Waals surface area contributed by atoms with E-state index in [-0.39, 0.29) is 29.1 Å². The van der Waals surface area contributed by atoms with Gasteiger partial charge in [-0.1, -0.05) is 72.1 Å². The fourth-order valence-electron chi connectivity index (χ4n) is 3.76. The van der Waals surface area contributed by atoms with E-state index in [0.717, 1.165) is 4.31 Å². The number of amides is 2. The first kappa shape index (κ1) is 30.8. The maximum atomic E-state index is 13.9. The Morgan fingerprint density at radius 2 is 1.59 bits per heavy atom. The molecule has 0 unspecified atom stereocenters. The number of benzene rings is 3. The molecular weight excluding hydrogens is 581 g/mol. The molecule has 2 amide bonds. The fraction of sp³-hybridized carbons (Fsp3) is 0.286. The molecule has 3 aromatic rings.